The highest BCUT2D eigenvalue weighted by molar-refractivity contribution is 7.12. The number of ether oxygens (including phenoxy) is 2. The van der Waals surface area contributed by atoms with E-state index in [-0.39, 0.29) is 11.5 Å². The summed E-state index contributed by atoms with van der Waals surface area (Å²) in [6, 6.07) is 7.25. The minimum absolute atomic E-state index is 0.0704. The summed E-state index contributed by atoms with van der Waals surface area (Å²) in [5, 5.41) is 10.3. The molecule has 1 atom stereocenters. The lowest BCUT2D eigenvalue weighted by Crippen LogP contribution is -2.21. The first-order chi connectivity index (χ1) is 11.9. The summed E-state index contributed by atoms with van der Waals surface area (Å²) in [6.45, 7) is 1.78. The van der Waals surface area contributed by atoms with Crippen LogP contribution < -0.4 is 10.5 Å². The van der Waals surface area contributed by atoms with Crippen molar-refractivity contribution in [2.75, 3.05) is 7.11 Å². The number of nitrogens with zero attached hydrogens (tertiary/aromatic N) is 1. The van der Waals surface area contributed by atoms with E-state index in [1.165, 1.54) is 18.4 Å². The number of nitriles is 1. The number of fused-ring (bicyclic) bond motifs is 1. The summed E-state index contributed by atoms with van der Waals surface area (Å²) in [5.74, 6) is -0.868. The van der Waals surface area contributed by atoms with Gasteiger partial charge in [-0.3, -0.25) is 0 Å². The van der Waals surface area contributed by atoms with Gasteiger partial charge in [0.2, 0.25) is 5.88 Å². The number of carbonyl (C=O) groups is 1. The largest absolute Gasteiger partial charge is 0.465 e. The van der Waals surface area contributed by atoms with Crippen LogP contribution in [-0.2, 0) is 4.74 Å². The molecule has 0 unspecified atom stereocenters. The molecule has 2 aromatic rings. The number of allylic oxidation sites excluding steroid dienone is 1. The highest BCUT2D eigenvalue weighted by atomic mass is 35.5. The fourth-order valence-electron chi connectivity index (χ4n) is 2.77. The summed E-state index contributed by atoms with van der Waals surface area (Å²) < 4.78 is 10.4. The zero-order chi connectivity index (χ0) is 18.3. The van der Waals surface area contributed by atoms with E-state index in [4.69, 9.17) is 38.4 Å². The second kappa shape index (κ2) is 6.60. The molecule has 8 heteroatoms. The van der Waals surface area contributed by atoms with Gasteiger partial charge in [-0.15, -0.1) is 11.3 Å². The van der Waals surface area contributed by atoms with Gasteiger partial charge >= 0.3 is 5.97 Å². The SMILES string of the molecule is COC(=O)c1c(C)sc2c1OC(N)=C(C#N)[C@@H]2c1cccc(Cl)c1Cl. The van der Waals surface area contributed by atoms with Gasteiger partial charge in [-0.05, 0) is 18.6 Å². The number of hydrogen-bond donors (Lipinski definition) is 1. The van der Waals surface area contributed by atoms with Gasteiger partial charge in [-0.2, -0.15) is 5.26 Å². The fraction of sp³-hybridized carbons (Fsp3) is 0.176. The molecule has 1 aromatic carbocycles. The van der Waals surface area contributed by atoms with Crippen LogP contribution in [0.4, 0.5) is 0 Å². The van der Waals surface area contributed by atoms with E-state index >= 15 is 0 Å². The lowest BCUT2D eigenvalue weighted by molar-refractivity contribution is 0.0597. The van der Waals surface area contributed by atoms with Crippen LogP contribution in [0.15, 0.2) is 29.7 Å². The maximum Gasteiger partial charge on any atom is 0.342 e. The standard InChI is InChI=1S/C17H12Cl2N2O3S/c1-7-11(17(22)23-2)14-15(25-7)12(9(6-20)16(21)24-14)8-4-3-5-10(18)13(8)19/h3-5,12H,21H2,1-2H3/t12-/m0/s1. The summed E-state index contributed by atoms with van der Waals surface area (Å²) in [4.78, 5) is 13.5. The van der Waals surface area contributed by atoms with Crippen LogP contribution in [0.25, 0.3) is 0 Å². The van der Waals surface area contributed by atoms with E-state index in [0.29, 0.717) is 36.7 Å². The average molecular weight is 395 g/mol. The number of esters is 1. The summed E-state index contributed by atoms with van der Waals surface area (Å²) in [5.41, 5.74) is 7.09. The molecule has 2 N–H and O–H groups in total. The molecule has 0 radical (unpaired) electrons. The molecule has 0 saturated heterocycles. The highest BCUT2D eigenvalue weighted by Crippen LogP contribution is 2.51. The number of hydrogen-bond acceptors (Lipinski definition) is 6. The van der Waals surface area contributed by atoms with Crippen LogP contribution >= 0.6 is 34.5 Å². The van der Waals surface area contributed by atoms with Crippen LogP contribution in [0, 0.1) is 18.3 Å². The Bertz CT molecular complexity index is 960. The van der Waals surface area contributed by atoms with Crippen LogP contribution in [-0.4, -0.2) is 13.1 Å². The van der Waals surface area contributed by atoms with E-state index in [1.807, 2.05) is 0 Å². The summed E-state index contributed by atoms with van der Waals surface area (Å²) in [7, 11) is 1.29. The van der Waals surface area contributed by atoms with E-state index in [1.54, 1.807) is 25.1 Å². The number of rotatable bonds is 2. The molecule has 0 saturated carbocycles. The predicted molar refractivity (Wildman–Crippen MR) is 96.2 cm³/mol. The molecule has 1 aliphatic rings. The first-order valence-corrected chi connectivity index (χ1v) is 8.71. The van der Waals surface area contributed by atoms with Crippen molar-refractivity contribution in [2.24, 2.45) is 5.73 Å². The maximum absolute atomic E-state index is 12.1. The number of aryl methyl sites for hydroxylation is 1. The quantitative estimate of drug-likeness (QED) is 0.764. The van der Waals surface area contributed by atoms with Crippen molar-refractivity contribution in [2.45, 2.75) is 12.8 Å². The van der Waals surface area contributed by atoms with Crippen molar-refractivity contribution in [3.8, 4) is 11.8 Å². The second-order valence-corrected chi connectivity index (χ2v) is 7.33. The molecule has 0 spiro atoms. The van der Waals surface area contributed by atoms with Crippen molar-refractivity contribution >= 4 is 40.5 Å². The lowest BCUT2D eigenvalue weighted by Gasteiger charge is -2.25. The van der Waals surface area contributed by atoms with Crippen molar-refractivity contribution in [3.63, 3.8) is 0 Å². The van der Waals surface area contributed by atoms with Gasteiger partial charge in [0, 0.05) is 4.88 Å². The highest BCUT2D eigenvalue weighted by Gasteiger charge is 2.38. The second-order valence-electron chi connectivity index (χ2n) is 5.29. The fourth-order valence-corrected chi connectivity index (χ4v) is 4.40. The molecule has 5 nitrogen and oxygen atoms in total. The van der Waals surface area contributed by atoms with Crippen molar-refractivity contribution < 1.29 is 14.3 Å². The molecular formula is C17H12Cl2N2O3S. The third kappa shape index (κ3) is 2.74. The van der Waals surface area contributed by atoms with Gasteiger partial charge in [0.05, 0.1) is 28.0 Å². The number of thiophene rings is 1. The molecule has 0 fully saturated rings. The summed E-state index contributed by atoms with van der Waals surface area (Å²) >= 11 is 13.8. The van der Waals surface area contributed by atoms with Crippen LogP contribution in [0.5, 0.6) is 5.75 Å². The van der Waals surface area contributed by atoms with Gasteiger partial charge in [0.25, 0.3) is 0 Å². The van der Waals surface area contributed by atoms with E-state index < -0.39 is 11.9 Å². The molecule has 1 aromatic heterocycles. The van der Waals surface area contributed by atoms with Crippen LogP contribution in [0.1, 0.15) is 31.6 Å². The molecular weight excluding hydrogens is 383 g/mol. The molecule has 3 rings (SSSR count). The molecule has 0 bridgehead atoms. The minimum Gasteiger partial charge on any atom is -0.465 e. The number of carbonyl (C=O) groups excluding carboxylic acids is 1. The normalized spacial score (nSPS) is 16.0. The minimum atomic E-state index is -0.568. The topological polar surface area (TPSA) is 85.3 Å². The molecule has 1 aliphatic heterocycles. The van der Waals surface area contributed by atoms with Crippen molar-refractivity contribution in [1.29, 1.82) is 5.26 Å². The van der Waals surface area contributed by atoms with Crippen molar-refractivity contribution in [1.82, 2.24) is 0 Å². The Labute approximate surface area is 158 Å². The zero-order valence-corrected chi connectivity index (χ0v) is 15.6. The third-order valence-corrected chi connectivity index (χ3v) is 5.88. The molecule has 25 heavy (non-hydrogen) atoms. The Morgan fingerprint density at radius 1 is 1.44 bits per heavy atom. The van der Waals surface area contributed by atoms with E-state index in [9.17, 15) is 10.1 Å². The molecule has 2 heterocycles. The average Bonchev–Trinajstić information content (AvgIpc) is 2.91. The van der Waals surface area contributed by atoms with Crippen molar-refractivity contribution in [3.05, 3.63) is 60.6 Å². The third-order valence-electron chi connectivity index (χ3n) is 3.90. The van der Waals surface area contributed by atoms with Gasteiger partial charge in [-0.25, -0.2) is 4.79 Å². The lowest BCUT2D eigenvalue weighted by atomic mass is 9.88. The van der Waals surface area contributed by atoms with Gasteiger partial charge in [0.1, 0.15) is 17.2 Å². The number of methoxy groups -OCH3 is 1. The predicted octanol–water partition coefficient (Wildman–Crippen LogP) is 4.37. The first-order valence-electron chi connectivity index (χ1n) is 7.13. The first kappa shape index (κ1) is 17.6. The maximum atomic E-state index is 12.1. The number of benzene rings is 1. The molecule has 128 valence electrons. The molecule has 0 amide bonds. The Kier molecular flexibility index (Phi) is 4.65. The van der Waals surface area contributed by atoms with E-state index in [0.717, 1.165) is 0 Å². The van der Waals surface area contributed by atoms with Gasteiger partial charge in [0.15, 0.2) is 5.75 Å². The number of halogens is 2. The Morgan fingerprint density at radius 2 is 2.16 bits per heavy atom. The smallest absolute Gasteiger partial charge is 0.342 e. The zero-order valence-electron chi connectivity index (χ0n) is 13.2. The van der Waals surface area contributed by atoms with Crippen LogP contribution in [0.3, 0.4) is 0 Å². The van der Waals surface area contributed by atoms with E-state index in [2.05, 4.69) is 6.07 Å². The Balaban J connectivity index is 2.31. The summed E-state index contributed by atoms with van der Waals surface area (Å²) in [6.07, 6.45) is 0. The van der Waals surface area contributed by atoms with Gasteiger partial charge < -0.3 is 15.2 Å². The van der Waals surface area contributed by atoms with Gasteiger partial charge in [-0.1, -0.05) is 35.3 Å². The number of nitrogens with two attached hydrogens (primary N) is 1. The Morgan fingerprint density at radius 3 is 2.80 bits per heavy atom. The van der Waals surface area contributed by atoms with Crippen LogP contribution in [0.2, 0.25) is 10.0 Å². The Hall–Kier alpha value is -2.20. The molecule has 0 aliphatic carbocycles. The monoisotopic (exact) mass is 394 g/mol.